The molecule has 2 saturated heterocycles. The Morgan fingerprint density at radius 1 is 1.16 bits per heavy atom. The van der Waals surface area contributed by atoms with Gasteiger partial charge in [0, 0.05) is 52.0 Å². The zero-order valence-electron chi connectivity index (χ0n) is 28.5. The number of halogens is 3. The summed E-state index contributed by atoms with van der Waals surface area (Å²) in [7, 11) is 3.22. The molecule has 5 aromatic rings. The molecule has 5 heterocycles. The molecule has 7 rings (SSSR count). The molecule has 2 aliphatic heterocycles. The SMILES string of the molecule is CCc1c(F)ccc2cc(OCOC)cc(-c3ncc4c(N(C)CCNC(=O)n5nccn5)nc(OC[C@@]56CCCN5C[C@H](F)C6)nc4c3F)c12. The summed E-state index contributed by atoms with van der Waals surface area (Å²) in [6, 6.07) is 5.75. The zero-order valence-corrected chi connectivity index (χ0v) is 28.5. The van der Waals surface area contributed by atoms with E-state index in [1.807, 2.05) is 6.92 Å². The number of benzene rings is 2. The monoisotopic (exact) mass is 705 g/mol. The van der Waals surface area contributed by atoms with E-state index in [4.69, 9.17) is 14.2 Å². The number of aromatic nitrogens is 6. The number of carbonyl (C=O) groups is 1. The standard InChI is InChI=1S/C35H38F3N9O4/c1-4-24-27(37)7-6-21-14-23(51-20-49-3)15-25(28(21)24)30-29(38)31-26(17-40-30)32(45(2)13-11-39-34(48)47-41-9-10-42-47)44-33(43-31)50-19-35-8-5-12-46(35)18-22(36)16-35/h6-7,9-10,14-15,17,22H,4-5,8,11-13,16,18-20H2,1-3H3,(H,39,48)/t22-,35+/m1/s1. The van der Waals surface area contributed by atoms with Crippen LogP contribution in [0.5, 0.6) is 11.8 Å². The van der Waals surface area contributed by atoms with Gasteiger partial charge in [0.2, 0.25) is 0 Å². The summed E-state index contributed by atoms with van der Waals surface area (Å²) in [5.41, 5.74) is 0.103. The number of carbonyl (C=O) groups excluding carboxylic acids is 1. The van der Waals surface area contributed by atoms with Crippen LogP contribution >= 0.6 is 0 Å². The van der Waals surface area contributed by atoms with Gasteiger partial charge < -0.3 is 24.4 Å². The summed E-state index contributed by atoms with van der Waals surface area (Å²) < 4.78 is 63.7. The largest absolute Gasteiger partial charge is 0.468 e. The van der Waals surface area contributed by atoms with E-state index in [1.54, 1.807) is 30.1 Å². The molecule has 3 aromatic heterocycles. The van der Waals surface area contributed by atoms with Crippen LogP contribution in [-0.4, -0.2) is 106 Å². The molecule has 0 spiro atoms. The van der Waals surface area contributed by atoms with E-state index in [0.717, 1.165) is 24.2 Å². The highest BCUT2D eigenvalue weighted by atomic mass is 19.1. The Morgan fingerprint density at radius 2 is 1.98 bits per heavy atom. The topological polar surface area (TPSA) is 133 Å². The minimum absolute atomic E-state index is 0.0506. The smallest absolute Gasteiger partial charge is 0.359 e. The third-order valence-electron chi connectivity index (χ3n) is 9.65. The Bertz CT molecular complexity index is 2070. The second-order valence-corrected chi connectivity index (χ2v) is 12.8. The van der Waals surface area contributed by atoms with Crippen LogP contribution in [0.15, 0.2) is 42.9 Å². The van der Waals surface area contributed by atoms with Gasteiger partial charge in [0.25, 0.3) is 0 Å². The minimum Gasteiger partial charge on any atom is -0.468 e. The number of ether oxygens (including phenoxy) is 3. The van der Waals surface area contributed by atoms with Crippen LogP contribution in [-0.2, 0) is 11.2 Å². The molecular formula is C35H38F3N9O4. The molecule has 0 saturated carbocycles. The maximum atomic E-state index is 17.0. The number of nitrogens with one attached hydrogen (secondary N) is 1. The van der Waals surface area contributed by atoms with Crippen molar-refractivity contribution in [1.82, 2.24) is 40.2 Å². The lowest BCUT2D eigenvalue weighted by Gasteiger charge is -2.31. The Labute approximate surface area is 291 Å². The first-order chi connectivity index (χ1) is 24.7. The molecule has 1 amide bonds. The quantitative estimate of drug-likeness (QED) is 0.178. The molecule has 2 aromatic carbocycles. The molecule has 1 N–H and O–H groups in total. The summed E-state index contributed by atoms with van der Waals surface area (Å²) in [4.78, 5) is 30.9. The number of aryl methyl sites for hydroxylation is 1. The van der Waals surface area contributed by atoms with Gasteiger partial charge in [-0.1, -0.05) is 17.8 Å². The van der Waals surface area contributed by atoms with Gasteiger partial charge in [-0.05, 0) is 60.3 Å². The second-order valence-electron chi connectivity index (χ2n) is 12.8. The van der Waals surface area contributed by atoms with E-state index in [9.17, 15) is 9.18 Å². The number of hydrogen-bond donors (Lipinski definition) is 1. The fourth-order valence-electron chi connectivity index (χ4n) is 7.27. The maximum absolute atomic E-state index is 17.0. The van der Waals surface area contributed by atoms with E-state index in [-0.39, 0.29) is 49.1 Å². The summed E-state index contributed by atoms with van der Waals surface area (Å²) in [6.07, 6.45) is 5.69. The molecule has 0 unspecified atom stereocenters. The van der Waals surface area contributed by atoms with E-state index in [2.05, 4.69) is 35.4 Å². The van der Waals surface area contributed by atoms with E-state index in [0.29, 0.717) is 52.9 Å². The van der Waals surface area contributed by atoms with Crippen molar-refractivity contribution in [2.75, 3.05) is 58.6 Å². The fourth-order valence-corrected chi connectivity index (χ4v) is 7.27. The summed E-state index contributed by atoms with van der Waals surface area (Å²) in [5.74, 6) is -0.498. The molecular weight excluding hydrogens is 667 g/mol. The normalized spacial score (nSPS) is 18.7. The Kier molecular flexibility index (Phi) is 9.61. The summed E-state index contributed by atoms with van der Waals surface area (Å²) >= 11 is 0. The van der Waals surface area contributed by atoms with Gasteiger partial charge >= 0.3 is 12.0 Å². The molecule has 0 bridgehead atoms. The van der Waals surface area contributed by atoms with E-state index >= 15 is 8.78 Å². The van der Waals surface area contributed by atoms with Crippen molar-refractivity contribution < 1.29 is 32.2 Å². The zero-order chi connectivity index (χ0) is 35.7. The van der Waals surface area contributed by atoms with Crippen LogP contribution in [0.3, 0.4) is 0 Å². The number of likely N-dealkylation sites (N-methyl/N-ethyl adjacent to an activating group) is 1. The molecule has 51 heavy (non-hydrogen) atoms. The number of nitrogens with zero attached hydrogens (tertiary/aromatic N) is 8. The Morgan fingerprint density at radius 3 is 2.76 bits per heavy atom. The average Bonchev–Trinajstić information content (AvgIpc) is 3.87. The fraction of sp³-hybridized carbons (Fsp3) is 0.429. The van der Waals surface area contributed by atoms with Crippen molar-refractivity contribution in [2.45, 2.75) is 44.3 Å². The highest BCUT2D eigenvalue weighted by molar-refractivity contribution is 6.01. The number of amides is 1. The van der Waals surface area contributed by atoms with Crippen LogP contribution in [0.1, 0.15) is 31.7 Å². The van der Waals surface area contributed by atoms with Crippen molar-refractivity contribution in [3.05, 3.63) is 60.1 Å². The molecule has 0 radical (unpaired) electrons. The van der Waals surface area contributed by atoms with E-state index < -0.39 is 29.4 Å². The number of anilines is 1. The first-order valence-corrected chi connectivity index (χ1v) is 16.8. The molecule has 0 aliphatic carbocycles. The molecule has 2 fully saturated rings. The third-order valence-corrected chi connectivity index (χ3v) is 9.65. The number of hydrogen-bond acceptors (Lipinski definition) is 11. The lowest BCUT2D eigenvalue weighted by Crippen LogP contribution is -2.43. The van der Waals surface area contributed by atoms with Crippen LogP contribution < -0.4 is 19.7 Å². The van der Waals surface area contributed by atoms with Crippen molar-refractivity contribution >= 4 is 33.5 Å². The minimum atomic E-state index is -0.956. The van der Waals surface area contributed by atoms with Gasteiger partial charge in [0.1, 0.15) is 41.4 Å². The van der Waals surface area contributed by atoms with Crippen LogP contribution in [0.2, 0.25) is 0 Å². The van der Waals surface area contributed by atoms with Crippen molar-refractivity contribution in [3.63, 3.8) is 0 Å². The Balaban J connectivity index is 1.30. The van der Waals surface area contributed by atoms with Gasteiger partial charge in [0.05, 0.1) is 23.3 Å². The average molecular weight is 706 g/mol. The van der Waals surface area contributed by atoms with Crippen LogP contribution in [0.25, 0.3) is 32.9 Å². The van der Waals surface area contributed by atoms with Crippen LogP contribution in [0, 0.1) is 11.6 Å². The first-order valence-electron chi connectivity index (χ1n) is 16.8. The first kappa shape index (κ1) is 34.4. The second kappa shape index (κ2) is 14.3. The number of fused-ring (bicyclic) bond motifs is 3. The highest BCUT2D eigenvalue weighted by Gasteiger charge is 2.49. The summed E-state index contributed by atoms with van der Waals surface area (Å²) in [5, 5.41) is 11.8. The van der Waals surface area contributed by atoms with Gasteiger partial charge in [0.15, 0.2) is 12.6 Å². The van der Waals surface area contributed by atoms with Gasteiger partial charge in [-0.3, -0.25) is 9.88 Å². The molecule has 2 atom stereocenters. The third kappa shape index (κ3) is 6.60. The predicted molar refractivity (Wildman–Crippen MR) is 183 cm³/mol. The molecule has 13 nitrogen and oxygen atoms in total. The molecule has 16 heteroatoms. The maximum Gasteiger partial charge on any atom is 0.359 e. The van der Waals surface area contributed by atoms with Crippen molar-refractivity contribution in [3.8, 4) is 23.0 Å². The summed E-state index contributed by atoms with van der Waals surface area (Å²) in [6.45, 7) is 3.47. The molecule has 2 aliphatic rings. The van der Waals surface area contributed by atoms with E-state index in [1.165, 1.54) is 31.8 Å². The highest BCUT2D eigenvalue weighted by Crippen LogP contribution is 2.42. The van der Waals surface area contributed by atoms with Gasteiger partial charge in [-0.2, -0.15) is 20.2 Å². The van der Waals surface area contributed by atoms with Crippen LogP contribution in [0.4, 0.5) is 23.8 Å². The van der Waals surface area contributed by atoms with Gasteiger partial charge in [-0.15, -0.1) is 0 Å². The lowest BCUT2D eigenvalue weighted by atomic mass is 9.94. The molecule has 268 valence electrons. The number of alkyl halides is 1. The van der Waals surface area contributed by atoms with Gasteiger partial charge in [-0.25, -0.2) is 18.0 Å². The lowest BCUT2D eigenvalue weighted by molar-refractivity contribution is 0.0512. The number of rotatable bonds is 12. The number of pyridine rings is 1. The van der Waals surface area contributed by atoms with Crippen molar-refractivity contribution in [2.24, 2.45) is 0 Å². The Hall–Kier alpha value is -5.09. The van der Waals surface area contributed by atoms with Crippen molar-refractivity contribution in [1.29, 1.82) is 0 Å². The predicted octanol–water partition coefficient (Wildman–Crippen LogP) is 4.91. The number of methoxy groups -OCH3 is 1.